The van der Waals surface area contributed by atoms with Gasteiger partial charge in [-0.25, -0.2) is 13.1 Å². The molecule has 6 heteroatoms. The number of thioether (sulfide) groups is 1. The molecule has 114 valence electrons. The van der Waals surface area contributed by atoms with E-state index in [1.54, 1.807) is 18.2 Å². The third-order valence-electron chi connectivity index (χ3n) is 2.91. The maximum Gasteiger partial charge on any atom is 0.240 e. The van der Waals surface area contributed by atoms with Crippen LogP contribution >= 0.6 is 11.8 Å². The first-order chi connectivity index (χ1) is 9.60. The fourth-order valence-electron chi connectivity index (χ4n) is 1.86. The number of hydrogen-bond donors (Lipinski definition) is 2. The van der Waals surface area contributed by atoms with Crippen molar-refractivity contribution in [2.45, 2.75) is 30.7 Å². The summed E-state index contributed by atoms with van der Waals surface area (Å²) < 4.78 is 27.0. The summed E-state index contributed by atoms with van der Waals surface area (Å²) in [5.74, 6) is 1.14. The van der Waals surface area contributed by atoms with E-state index >= 15 is 0 Å². The van der Waals surface area contributed by atoms with Gasteiger partial charge in [0.2, 0.25) is 10.0 Å². The van der Waals surface area contributed by atoms with Crippen molar-refractivity contribution in [2.75, 3.05) is 25.6 Å². The van der Waals surface area contributed by atoms with Crippen LogP contribution in [0.25, 0.3) is 0 Å². The van der Waals surface area contributed by atoms with E-state index in [0.29, 0.717) is 18.0 Å². The molecule has 0 radical (unpaired) electrons. The van der Waals surface area contributed by atoms with Gasteiger partial charge in [-0.3, -0.25) is 0 Å². The smallest absolute Gasteiger partial charge is 0.240 e. The van der Waals surface area contributed by atoms with Gasteiger partial charge in [-0.15, -0.1) is 0 Å². The lowest BCUT2D eigenvalue weighted by atomic mass is 10.2. The zero-order valence-electron chi connectivity index (χ0n) is 12.2. The summed E-state index contributed by atoms with van der Waals surface area (Å²) in [5, 5.41) is 3.02. The number of rotatable bonds is 10. The zero-order chi connectivity index (χ0) is 14.8. The van der Waals surface area contributed by atoms with Crippen molar-refractivity contribution in [1.82, 2.24) is 10.0 Å². The first-order valence-corrected chi connectivity index (χ1v) is 9.70. The van der Waals surface area contributed by atoms with Crippen LogP contribution in [-0.4, -0.2) is 34.0 Å². The SMILES string of the molecule is CNCc1cccc(S(=O)(=O)NCCCCCSC)c1. The van der Waals surface area contributed by atoms with Crippen LogP contribution in [0.4, 0.5) is 0 Å². The van der Waals surface area contributed by atoms with E-state index < -0.39 is 10.0 Å². The van der Waals surface area contributed by atoms with Gasteiger partial charge in [0, 0.05) is 13.1 Å². The quantitative estimate of drug-likeness (QED) is 0.650. The molecule has 1 rings (SSSR count). The molecule has 1 aromatic carbocycles. The van der Waals surface area contributed by atoms with Gasteiger partial charge in [-0.1, -0.05) is 18.6 Å². The minimum Gasteiger partial charge on any atom is -0.316 e. The number of sulfonamides is 1. The Morgan fingerprint density at radius 2 is 2.00 bits per heavy atom. The summed E-state index contributed by atoms with van der Waals surface area (Å²) in [4.78, 5) is 0.342. The molecular weight excluding hydrogens is 292 g/mol. The average Bonchev–Trinajstić information content (AvgIpc) is 2.43. The Morgan fingerprint density at radius 1 is 1.20 bits per heavy atom. The summed E-state index contributed by atoms with van der Waals surface area (Å²) >= 11 is 1.82. The second-order valence-electron chi connectivity index (χ2n) is 4.63. The van der Waals surface area contributed by atoms with Crippen LogP contribution in [0.3, 0.4) is 0 Å². The fourth-order valence-corrected chi connectivity index (χ4v) is 3.50. The summed E-state index contributed by atoms with van der Waals surface area (Å²) in [5.41, 5.74) is 0.968. The lowest BCUT2D eigenvalue weighted by Crippen LogP contribution is -2.25. The van der Waals surface area contributed by atoms with Crippen LogP contribution in [0.1, 0.15) is 24.8 Å². The topological polar surface area (TPSA) is 58.2 Å². The Bertz CT molecular complexity index is 490. The van der Waals surface area contributed by atoms with Crippen molar-refractivity contribution < 1.29 is 8.42 Å². The Balaban J connectivity index is 2.49. The van der Waals surface area contributed by atoms with Crippen molar-refractivity contribution in [2.24, 2.45) is 0 Å². The van der Waals surface area contributed by atoms with E-state index in [-0.39, 0.29) is 0 Å². The molecule has 4 nitrogen and oxygen atoms in total. The van der Waals surface area contributed by atoms with Crippen molar-refractivity contribution in [3.8, 4) is 0 Å². The minimum atomic E-state index is -3.38. The Hall–Kier alpha value is -0.560. The molecule has 0 aromatic heterocycles. The number of hydrogen-bond acceptors (Lipinski definition) is 4. The molecule has 0 unspecified atom stereocenters. The maximum atomic E-state index is 12.1. The van der Waals surface area contributed by atoms with Gasteiger partial charge in [0.15, 0.2) is 0 Å². The molecule has 0 bridgehead atoms. The van der Waals surface area contributed by atoms with Gasteiger partial charge in [0.1, 0.15) is 0 Å². The highest BCUT2D eigenvalue weighted by Gasteiger charge is 2.13. The predicted molar refractivity (Wildman–Crippen MR) is 86.6 cm³/mol. The van der Waals surface area contributed by atoms with E-state index in [1.165, 1.54) is 0 Å². The molecule has 2 N–H and O–H groups in total. The molecule has 0 aliphatic rings. The lowest BCUT2D eigenvalue weighted by Gasteiger charge is -2.08. The summed E-state index contributed by atoms with van der Waals surface area (Å²) in [6.07, 6.45) is 5.17. The van der Waals surface area contributed by atoms with E-state index in [4.69, 9.17) is 0 Å². The Labute approximate surface area is 126 Å². The molecule has 0 heterocycles. The van der Waals surface area contributed by atoms with Crippen molar-refractivity contribution in [1.29, 1.82) is 0 Å². The van der Waals surface area contributed by atoms with Crippen LogP contribution in [-0.2, 0) is 16.6 Å². The van der Waals surface area contributed by atoms with Gasteiger partial charge >= 0.3 is 0 Å². The third-order valence-corrected chi connectivity index (χ3v) is 5.06. The molecule has 0 saturated carbocycles. The van der Waals surface area contributed by atoms with Gasteiger partial charge < -0.3 is 5.32 Å². The van der Waals surface area contributed by atoms with Gasteiger partial charge in [-0.05, 0) is 49.6 Å². The molecule has 0 fully saturated rings. The van der Waals surface area contributed by atoms with Crippen LogP contribution < -0.4 is 10.0 Å². The zero-order valence-corrected chi connectivity index (χ0v) is 13.8. The summed E-state index contributed by atoms with van der Waals surface area (Å²) in [7, 11) is -1.54. The van der Waals surface area contributed by atoms with Crippen molar-refractivity contribution >= 4 is 21.8 Å². The van der Waals surface area contributed by atoms with Crippen molar-refractivity contribution in [3.63, 3.8) is 0 Å². The van der Waals surface area contributed by atoms with Gasteiger partial charge in [0.25, 0.3) is 0 Å². The second kappa shape index (κ2) is 9.39. The first-order valence-electron chi connectivity index (χ1n) is 6.82. The largest absolute Gasteiger partial charge is 0.316 e. The normalized spacial score (nSPS) is 11.7. The van der Waals surface area contributed by atoms with Crippen LogP contribution in [0.2, 0.25) is 0 Å². The fraction of sp³-hybridized carbons (Fsp3) is 0.571. The van der Waals surface area contributed by atoms with Crippen LogP contribution in [0, 0.1) is 0 Å². The first kappa shape index (κ1) is 17.5. The number of unbranched alkanes of at least 4 members (excludes halogenated alkanes) is 2. The van der Waals surface area contributed by atoms with Crippen LogP contribution in [0.15, 0.2) is 29.2 Å². The highest BCUT2D eigenvalue weighted by Crippen LogP contribution is 2.11. The molecule has 0 aliphatic carbocycles. The lowest BCUT2D eigenvalue weighted by molar-refractivity contribution is 0.576. The van der Waals surface area contributed by atoms with Gasteiger partial charge in [-0.2, -0.15) is 11.8 Å². The molecule has 1 aromatic rings. The van der Waals surface area contributed by atoms with E-state index in [1.807, 2.05) is 24.9 Å². The molecule has 0 amide bonds. The third kappa shape index (κ3) is 6.26. The van der Waals surface area contributed by atoms with Crippen LogP contribution in [0.5, 0.6) is 0 Å². The highest BCUT2D eigenvalue weighted by atomic mass is 32.2. The van der Waals surface area contributed by atoms with E-state index in [9.17, 15) is 8.42 Å². The average molecular weight is 316 g/mol. The molecule has 0 aliphatic heterocycles. The standard InChI is InChI=1S/C14H24N2O2S2/c1-15-12-13-7-6-8-14(11-13)20(17,18)16-9-4-3-5-10-19-2/h6-8,11,15-16H,3-5,9-10,12H2,1-2H3. The molecule has 0 saturated heterocycles. The van der Waals surface area contributed by atoms with Crippen molar-refractivity contribution in [3.05, 3.63) is 29.8 Å². The second-order valence-corrected chi connectivity index (χ2v) is 7.38. The Kier molecular flexibility index (Phi) is 8.21. The minimum absolute atomic E-state index is 0.342. The summed E-state index contributed by atoms with van der Waals surface area (Å²) in [6, 6.07) is 7.04. The predicted octanol–water partition coefficient (Wildman–Crippen LogP) is 2.22. The molecular formula is C14H24N2O2S2. The Morgan fingerprint density at radius 3 is 2.70 bits per heavy atom. The molecule has 0 atom stereocenters. The number of benzene rings is 1. The molecule has 20 heavy (non-hydrogen) atoms. The maximum absolute atomic E-state index is 12.1. The monoisotopic (exact) mass is 316 g/mol. The van der Waals surface area contributed by atoms with E-state index in [2.05, 4.69) is 16.3 Å². The number of nitrogens with one attached hydrogen (secondary N) is 2. The van der Waals surface area contributed by atoms with Gasteiger partial charge in [0.05, 0.1) is 4.90 Å². The summed E-state index contributed by atoms with van der Waals surface area (Å²) in [6.45, 7) is 1.17. The van der Waals surface area contributed by atoms with E-state index in [0.717, 1.165) is 30.6 Å². The highest BCUT2D eigenvalue weighted by molar-refractivity contribution is 7.98. The molecule has 0 spiro atoms.